The number of nitrogen functional groups attached to an aromatic ring is 1. The molecule has 0 aliphatic heterocycles. The molecule has 16 heavy (non-hydrogen) atoms. The SMILES string of the molecule is CCNC(=O)CNc1cccc(C#N)c1N. The van der Waals surface area contributed by atoms with Gasteiger partial charge < -0.3 is 16.4 Å². The molecule has 4 N–H and O–H groups in total. The van der Waals surface area contributed by atoms with Crippen molar-refractivity contribution in [1.82, 2.24) is 5.32 Å². The Labute approximate surface area is 94.2 Å². The first-order chi connectivity index (χ1) is 7.69. The van der Waals surface area contributed by atoms with Gasteiger partial charge in [0.1, 0.15) is 6.07 Å². The van der Waals surface area contributed by atoms with Crippen LogP contribution in [0.15, 0.2) is 18.2 Å². The lowest BCUT2D eigenvalue weighted by Crippen LogP contribution is -2.29. The molecular formula is C11H14N4O. The number of benzene rings is 1. The van der Waals surface area contributed by atoms with Crippen molar-refractivity contribution in [3.63, 3.8) is 0 Å². The number of hydrogen-bond donors (Lipinski definition) is 3. The molecule has 5 heteroatoms. The third-order valence-corrected chi connectivity index (χ3v) is 2.04. The molecule has 84 valence electrons. The maximum atomic E-state index is 11.2. The largest absolute Gasteiger partial charge is 0.396 e. The molecule has 0 spiro atoms. The second-order valence-corrected chi connectivity index (χ2v) is 3.19. The van der Waals surface area contributed by atoms with E-state index in [2.05, 4.69) is 10.6 Å². The standard InChI is InChI=1S/C11H14N4O/c1-2-14-10(16)7-15-9-5-3-4-8(6-12)11(9)13/h3-5,15H,2,7,13H2,1H3,(H,14,16). The first-order valence-electron chi connectivity index (χ1n) is 4.98. The second kappa shape index (κ2) is 5.61. The van der Waals surface area contributed by atoms with Crippen LogP contribution in [0, 0.1) is 11.3 Å². The number of carbonyl (C=O) groups is 1. The summed E-state index contributed by atoms with van der Waals surface area (Å²) in [6.45, 7) is 2.59. The molecule has 0 aromatic heterocycles. The van der Waals surface area contributed by atoms with Crippen LogP contribution in [0.3, 0.4) is 0 Å². The van der Waals surface area contributed by atoms with Crippen molar-refractivity contribution in [2.24, 2.45) is 0 Å². The van der Waals surface area contributed by atoms with Crippen LogP contribution in [0.25, 0.3) is 0 Å². The van der Waals surface area contributed by atoms with E-state index >= 15 is 0 Å². The van der Waals surface area contributed by atoms with Gasteiger partial charge in [-0.15, -0.1) is 0 Å². The van der Waals surface area contributed by atoms with Gasteiger partial charge in [-0.1, -0.05) is 6.07 Å². The van der Waals surface area contributed by atoms with Crippen molar-refractivity contribution in [1.29, 1.82) is 5.26 Å². The Morgan fingerprint density at radius 2 is 2.31 bits per heavy atom. The average Bonchev–Trinajstić information content (AvgIpc) is 2.28. The summed E-state index contributed by atoms with van der Waals surface area (Å²) in [4.78, 5) is 11.2. The van der Waals surface area contributed by atoms with E-state index in [4.69, 9.17) is 11.0 Å². The summed E-state index contributed by atoms with van der Waals surface area (Å²) in [6, 6.07) is 7.06. The Balaban J connectivity index is 2.68. The predicted octanol–water partition coefficient (Wildman–Crippen LogP) is 0.688. The summed E-state index contributed by atoms with van der Waals surface area (Å²) in [5, 5.41) is 14.3. The number of anilines is 2. The molecule has 0 fully saturated rings. The van der Waals surface area contributed by atoms with Crippen LogP contribution in [0.2, 0.25) is 0 Å². The number of likely N-dealkylation sites (N-methyl/N-ethyl adjacent to an activating group) is 1. The van der Waals surface area contributed by atoms with Gasteiger partial charge in [-0.05, 0) is 19.1 Å². The quantitative estimate of drug-likeness (QED) is 0.648. The van der Waals surface area contributed by atoms with Gasteiger partial charge in [-0.25, -0.2) is 0 Å². The zero-order chi connectivity index (χ0) is 12.0. The minimum Gasteiger partial charge on any atom is -0.396 e. The zero-order valence-corrected chi connectivity index (χ0v) is 9.08. The molecule has 0 saturated carbocycles. The van der Waals surface area contributed by atoms with Crippen molar-refractivity contribution in [2.45, 2.75) is 6.92 Å². The first-order valence-corrected chi connectivity index (χ1v) is 4.98. The van der Waals surface area contributed by atoms with E-state index in [1.54, 1.807) is 18.2 Å². The first kappa shape index (κ1) is 11.9. The number of nitrogens with one attached hydrogen (secondary N) is 2. The highest BCUT2D eigenvalue weighted by atomic mass is 16.1. The fourth-order valence-electron chi connectivity index (χ4n) is 1.25. The minimum absolute atomic E-state index is 0.107. The van der Waals surface area contributed by atoms with Crippen LogP contribution in [0.5, 0.6) is 0 Å². The molecule has 0 aliphatic carbocycles. The molecule has 0 bridgehead atoms. The van der Waals surface area contributed by atoms with Crippen molar-refractivity contribution >= 4 is 17.3 Å². The van der Waals surface area contributed by atoms with E-state index in [0.717, 1.165) is 0 Å². The van der Waals surface area contributed by atoms with Gasteiger partial charge in [0.25, 0.3) is 0 Å². The number of nitriles is 1. The summed E-state index contributed by atoms with van der Waals surface area (Å²) in [5.41, 5.74) is 7.11. The second-order valence-electron chi connectivity index (χ2n) is 3.19. The molecule has 0 aliphatic rings. The Bertz CT molecular complexity index is 422. The van der Waals surface area contributed by atoms with Gasteiger partial charge in [-0.2, -0.15) is 5.26 Å². The maximum absolute atomic E-state index is 11.2. The zero-order valence-electron chi connectivity index (χ0n) is 9.08. The number of nitrogens with zero attached hydrogens (tertiary/aromatic N) is 1. The van der Waals surface area contributed by atoms with Gasteiger partial charge in [0.05, 0.1) is 23.5 Å². The lowest BCUT2D eigenvalue weighted by molar-refractivity contribution is -0.119. The highest BCUT2D eigenvalue weighted by Crippen LogP contribution is 2.21. The molecule has 0 radical (unpaired) electrons. The highest BCUT2D eigenvalue weighted by Gasteiger charge is 2.05. The number of para-hydroxylation sites is 1. The van der Waals surface area contributed by atoms with E-state index in [1.807, 2.05) is 13.0 Å². The van der Waals surface area contributed by atoms with Crippen LogP contribution >= 0.6 is 0 Å². The van der Waals surface area contributed by atoms with Gasteiger partial charge in [0.15, 0.2) is 0 Å². The van der Waals surface area contributed by atoms with Gasteiger partial charge in [0, 0.05) is 6.54 Å². The summed E-state index contributed by atoms with van der Waals surface area (Å²) in [6.07, 6.45) is 0. The van der Waals surface area contributed by atoms with Gasteiger partial charge >= 0.3 is 0 Å². The lowest BCUT2D eigenvalue weighted by atomic mass is 10.1. The molecule has 0 saturated heterocycles. The van der Waals surface area contributed by atoms with Crippen molar-refractivity contribution < 1.29 is 4.79 Å². The Kier molecular flexibility index (Phi) is 4.16. The normalized spacial score (nSPS) is 9.25. The number of hydrogen-bond acceptors (Lipinski definition) is 4. The van der Waals surface area contributed by atoms with Gasteiger partial charge in [-0.3, -0.25) is 4.79 Å². The third-order valence-electron chi connectivity index (χ3n) is 2.04. The number of amides is 1. The van der Waals surface area contributed by atoms with Crippen LogP contribution in [0.1, 0.15) is 12.5 Å². The van der Waals surface area contributed by atoms with Gasteiger partial charge in [0.2, 0.25) is 5.91 Å². The Hall–Kier alpha value is -2.22. The van der Waals surface area contributed by atoms with E-state index in [-0.39, 0.29) is 12.5 Å². The Morgan fingerprint density at radius 3 is 2.94 bits per heavy atom. The smallest absolute Gasteiger partial charge is 0.239 e. The van der Waals surface area contributed by atoms with Crippen LogP contribution in [-0.4, -0.2) is 19.0 Å². The fraction of sp³-hybridized carbons (Fsp3) is 0.273. The molecule has 1 aromatic carbocycles. The fourth-order valence-corrected chi connectivity index (χ4v) is 1.25. The highest BCUT2D eigenvalue weighted by molar-refractivity contribution is 5.83. The van der Waals surface area contributed by atoms with Crippen LogP contribution in [0.4, 0.5) is 11.4 Å². The number of rotatable bonds is 4. The molecule has 0 atom stereocenters. The van der Waals surface area contributed by atoms with E-state index in [0.29, 0.717) is 23.5 Å². The lowest BCUT2D eigenvalue weighted by Gasteiger charge is -2.09. The van der Waals surface area contributed by atoms with E-state index < -0.39 is 0 Å². The molecule has 1 amide bonds. The van der Waals surface area contributed by atoms with E-state index in [1.165, 1.54) is 0 Å². The number of nitrogens with two attached hydrogens (primary N) is 1. The summed E-state index contributed by atoms with van der Waals surface area (Å²) in [5.74, 6) is -0.107. The molecule has 1 aromatic rings. The number of carbonyl (C=O) groups excluding carboxylic acids is 1. The monoisotopic (exact) mass is 218 g/mol. The molecule has 0 heterocycles. The summed E-state index contributed by atoms with van der Waals surface area (Å²) < 4.78 is 0. The molecule has 0 unspecified atom stereocenters. The molecule has 5 nitrogen and oxygen atoms in total. The van der Waals surface area contributed by atoms with E-state index in [9.17, 15) is 4.79 Å². The average molecular weight is 218 g/mol. The molecule has 1 rings (SSSR count). The summed E-state index contributed by atoms with van der Waals surface area (Å²) >= 11 is 0. The topological polar surface area (TPSA) is 90.9 Å². The van der Waals surface area contributed by atoms with Crippen molar-refractivity contribution in [3.8, 4) is 6.07 Å². The van der Waals surface area contributed by atoms with Crippen molar-refractivity contribution in [3.05, 3.63) is 23.8 Å². The summed E-state index contributed by atoms with van der Waals surface area (Å²) in [7, 11) is 0. The minimum atomic E-state index is -0.107. The third kappa shape index (κ3) is 2.89. The van der Waals surface area contributed by atoms with Crippen molar-refractivity contribution in [2.75, 3.05) is 24.1 Å². The Morgan fingerprint density at radius 1 is 1.56 bits per heavy atom. The maximum Gasteiger partial charge on any atom is 0.239 e. The van der Waals surface area contributed by atoms with Crippen LogP contribution < -0.4 is 16.4 Å². The molecular weight excluding hydrogens is 204 g/mol. The predicted molar refractivity (Wildman–Crippen MR) is 62.7 cm³/mol. The van der Waals surface area contributed by atoms with Crippen LogP contribution in [-0.2, 0) is 4.79 Å².